The predicted octanol–water partition coefficient (Wildman–Crippen LogP) is 5.12. The van der Waals surface area contributed by atoms with Gasteiger partial charge in [0.05, 0.1) is 4.90 Å². The highest BCUT2D eigenvalue weighted by atomic mass is 32.2. The summed E-state index contributed by atoms with van der Waals surface area (Å²) in [5.74, 6) is -0.913. The van der Waals surface area contributed by atoms with Crippen LogP contribution in [0, 0.1) is 0 Å². The molecular weight excluding hydrogens is 615 g/mol. The maximum atomic E-state index is 13.1. The van der Waals surface area contributed by atoms with Gasteiger partial charge in [0, 0.05) is 49.5 Å². The molecule has 10 nitrogen and oxygen atoms in total. The molecule has 2 aromatic carbocycles. The minimum absolute atomic E-state index is 0.00114. The molecule has 0 radical (unpaired) electrons. The SMILES string of the molecule is CCN(CC)c1ccc(C(=C2C=CC(=[N+](CC)CC)C=C2)c2ccc(S(=O)(=O)NCCCCCC(=O)O)cc2S(=O)(=O)O)cc1. The van der Waals surface area contributed by atoms with Crippen molar-refractivity contribution in [1.29, 1.82) is 0 Å². The lowest BCUT2D eigenvalue weighted by Gasteiger charge is -2.22. The minimum Gasteiger partial charge on any atom is -0.481 e. The first-order valence-corrected chi connectivity index (χ1v) is 18.2. The molecule has 2 aromatic rings. The standard InChI is InChI=1S/C33H43N3O7S2/c1-5-35(6-2)27-17-13-25(14-18-27)33(26-15-19-28(20-16-26)36(7-3)8-4)30-22-21-29(24-31(30)45(41,42)43)44(39,40)34-23-11-9-10-12-32(37)38/h13-22,24,34H,5-12,23H2,1-4H3,(H-,37,38,41,42,43)/p+1. The van der Waals surface area contributed by atoms with E-state index in [0.717, 1.165) is 43.6 Å². The third kappa shape index (κ3) is 9.46. The van der Waals surface area contributed by atoms with Crippen LogP contribution < -0.4 is 9.62 Å². The second-order valence-electron chi connectivity index (χ2n) is 10.5. The Balaban J connectivity index is 2.13. The number of nitrogens with zero attached hydrogens (tertiary/aromatic N) is 2. The molecule has 3 N–H and O–H groups in total. The van der Waals surface area contributed by atoms with Crippen LogP contribution in [-0.2, 0) is 24.9 Å². The normalized spacial score (nSPS) is 13.3. The molecule has 1 aliphatic carbocycles. The summed E-state index contributed by atoms with van der Waals surface area (Å²) in [4.78, 5) is 12.0. The molecule has 12 heteroatoms. The number of unbranched alkanes of at least 4 members (excludes halogenated alkanes) is 2. The van der Waals surface area contributed by atoms with Gasteiger partial charge in [-0.25, -0.2) is 17.7 Å². The topological polar surface area (TPSA) is 144 Å². The highest BCUT2D eigenvalue weighted by molar-refractivity contribution is 7.89. The van der Waals surface area contributed by atoms with Gasteiger partial charge in [-0.2, -0.15) is 8.42 Å². The van der Waals surface area contributed by atoms with Crippen molar-refractivity contribution in [2.75, 3.05) is 37.6 Å². The van der Waals surface area contributed by atoms with E-state index in [9.17, 15) is 26.2 Å². The first kappa shape index (κ1) is 35.9. The van der Waals surface area contributed by atoms with Gasteiger partial charge in [-0.3, -0.25) is 9.35 Å². The molecule has 0 bridgehead atoms. The molecule has 0 atom stereocenters. The molecule has 1 aliphatic rings. The molecule has 3 rings (SSSR count). The third-order valence-corrected chi connectivity index (χ3v) is 10.1. The zero-order valence-electron chi connectivity index (χ0n) is 26.4. The van der Waals surface area contributed by atoms with E-state index in [4.69, 9.17) is 5.11 Å². The van der Waals surface area contributed by atoms with Gasteiger partial charge in [0.15, 0.2) is 5.71 Å². The lowest BCUT2D eigenvalue weighted by molar-refractivity contribution is -0.519. The lowest BCUT2D eigenvalue weighted by Crippen LogP contribution is -2.25. The number of carbonyl (C=O) groups is 1. The maximum Gasteiger partial charge on any atom is 0.303 e. The van der Waals surface area contributed by atoms with Gasteiger partial charge in [0.1, 0.15) is 18.0 Å². The predicted molar refractivity (Wildman–Crippen MR) is 178 cm³/mol. The Labute approximate surface area is 267 Å². The lowest BCUT2D eigenvalue weighted by atomic mass is 9.90. The molecule has 45 heavy (non-hydrogen) atoms. The van der Waals surface area contributed by atoms with E-state index >= 15 is 0 Å². The van der Waals surface area contributed by atoms with Gasteiger partial charge in [-0.15, -0.1) is 0 Å². The van der Waals surface area contributed by atoms with Crippen molar-refractivity contribution < 1.29 is 35.9 Å². The van der Waals surface area contributed by atoms with Crippen LogP contribution in [0.15, 0.2) is 82.1 Å². The van der Waals surface area contributed by atoms with Crippen LogP contribution >= 0.6 is 0 Å². The van der Waals surface area contributed by atoms with Gasteiger partial charge in [0.2, 0.25) is 10.0 Å². The second kappa shape index (κ2) is 16.1. The number of carboxylic acids is 1. The Kier molecular flexibility index (Phi) is 12.9. The van der Waals surface area contributed by atoms with E-state index in [1.165, 1.54) is 12.1 Å². The van der Waals surface area contributed by atoms with Crippen molar-refractivity contribution >= 4 is 43.1 Å². The molecular formula is C33H44N3O7S2+. The highest BCUT2D eigenvalue weighted by Gasteiger charge is 2.25. The number of carboxylic acid groups (broad SMARTS) is 1. The summed E-state index contributed by atoms with van der Waals surface area (Å²) in [6.07, 6.45) is 9.06. The van der Waals surface area contributed by atoms with Gasteiger partial charge in [-0.05, 0) is 93.7 Å². The maximum absolute atomic E-state index is 13.1. The smallest absolute Gasteiger partial charge is 0.303 e. The number of benzene rings is 2. The molecule has 0 amide bonds. The first-order valence-electron chi connectivity index (χ1n) is 15.3. The number of sulfonamides is 1. The van der Waals surface area contributed by atoms with E-state index in [1.807, 2.05) is 48.6 Å². The molecule has 0 unspecified atom stereocenters. The molecule has 0 saturated carbocycles. The van der Waals surface area contributed by atoms with E-state index in [1.54, 1.807) is 0 Å². The van der Waals surface area contributed by atoms with Gasteiger partial charge in [0.25, 0.3) is 10.1 Å². The van der Waals surface area contributed by atoms with Crippen LogP contribution in [0.25, 0.3) is 5.57 Å². The first-order chi connectivity index (χ1) is 21.4. The monoisotopic (exact) mass is 658 g/mol. The number of hydrogen-bond donors (Lipinski definition) is 3. The number of nitrogens with one attached hydrogen (secondary N) is 1. The van der Waals surface area contributed by atoms with Crippen molar-refractivity contribution in [3.63, 3.8) is 0 Å². The quantitative estimate of drug-likeness (QED) is 0.128. The number of aliphatic carboxylic acids is 1. The second-order valence-corrected chi connectivity index (χ2v) is 13.7. The van der Waals surface area contributed by atoms with E-state index in [0.29, 0.717) is 36.0 Å². The number of anilines is 1. The summed E-state index contributed by atoms with van der Waals surface area (Å²) in [7, 11) is -8.98. The third-order valence-electron chi connectivity index (χ3n) is 7.74. The zero-order valence-corrected chi connectivity index (χ0v) is 28.0. The van der Waals surface area contributed by atoms with Crippen molar-refractivity contribution in [2.24, 2.45) is 0 Å². The summed E-state index contributed by atoms with van der Waals surface area (Å²) in [5, 5.41) is 8.77. The molecule has 0 spiro atoms. The fraction of sp³-hybridized carbons (Fsp3) is 0.394. The van der Waals surface area contributed by atoms with Crippen LogP contribution in [0.5, 0.6) is 0 Å². The van der Waals surface area contributed by atoms with Crippen molar-refractivity contribution in [2.45, 2.75) is 63.2 Å². The Morgan fingerprint density at radius 3 is 2.00 bits per heavy atom. The summed E-state index contributed by atoms with van der Waals surface area (Å²) < 4.78 is 66.8. The number of hydrogen-bond acceptors (Lipinski definition) is 6. The van der Waals surface area contributed by atoms with Gasteiger partial charge < -0.3 is 10.0 Å². The molecule has 0 fully saturated rings. The van der Waals surface area contributed by atoms with Crippen molar-refractivity contribution in [3.05, 3.63) is 83.5 Å². The van der Waals surface area contributed by atoms with Gasteiger partial charge in [-0.1, -0.05) is 24.6 Å². The van der Waals surface area contributed by atoms with Crippen LogP contribution in [0.1, 0.15) is 64.5 Å². The molecule has 244 valence electrons. The van der Waals surface area contributed by atoms with Gasteiger partial charge >= 0.3 is 5.97 Å². The largest absolute Gasteiger partial charge is 0.481 e. The summed E-state index contributed by atoms with van der Waals surface area (Å²) in [6.45, 7) is 11.6. The van der Waals surface area contributed by atoms with Crippen LogP contribution in [0.4, 0.5) is 5.69 Å². The van der Waals surface area contributed by atoms with Crippen LogP contribution in [-0.4, -0.2) is 75.5 Å². The Morgan fingerprint density at radius 2 is 1.47 bits per heavy atom. The van der Waals surface area contributed by atoms with Crippen LogP contribution in [0.3, 0.4) is 0 Å². The zero-order chi connectivity index (χ0) is 33.2. The summed E-state index contributed by atoms with van der Waals surface area (Å²) in [6, 6.07) is 11.4. The fourth-order valence-electron chi connectivity index (χ4n) is 5.29. The molecule has 0 heterocycles. The molecule has 0 aliphatic heterocycles. The van der Waals surface area contributed by atoms with Crippen molar-refractivity contribution in [1.82, 2.24) is 4.72 Å². The average Bonchev–Trinajstić information content (AvgIpc) is 3.01. The average molecular weight is 659 g/mol. The number of rotatable bonds is 16. The Hall–Kier alpha value is -3.58. The van der Waals surface area contributed by atoms with E-state index < -0.39 is 31.0 Å². The molecule has 0 saturated heterocycles. The van der Waals surface area contributed by atoms with E-state index in [-0.39, 0.29) is 23.4 Å². The van der Waals surface area contributed by atoms with Crippen molar-refractivity contribution in [3.8, 4) is 0 Å². The highest BCUT2D eigenvalue weighted by Crippen LogP contribution is 2.35. The summed E-state index contributed by atoms with van der Waals surface area (Å²) >= 11 is 0. The Bertz CT molecular complexity index is 1680. The minimum atomic E-state index is -4.86. The Morgan fingerprint density at radius 1 is 0.844 bits per heavy atom. The molecule has 0 aromatic heterocycles. The van der Waals surface area contributed by atoms with E-state index in [2.05, 4.69) is 41.9 Å². The van der Waals surface area contributed by atoms with Crippen LogP contribution in [0.2, 0.25) is 0 Å². The summed E-state index contributed by atoms with van der Waals surface area (Å²) in [5.41, 5.74) is 4.09. The fourth-order valence-corrected chi connectivity index (χ4v) is 7.19. The number of allylic oxidation sites excluding steroid dienone is 5.